The van der Waals surface area contributed by atoms with E-state index in [0.29, 0.717) is 0 Å². The fraction of sp³-hybridized carbons (Fsp3) is 0.714. The van der Waals surface area contributed by atoms with E-state index >= 15 is 0 Å². The zero-order valence-corrected chi connectivity index (χ0v) is 5.92. The summed E-state index contributed by atoms with van der Waals surface area (Å²) in [7, 11) is 0. The van der Waals surface area contributed by atoms with E-state index in [1.807, 2.05) is 0 Å². The van der Waals surface area contributed by atoms with Gasteiger partial charge in [-0.3, -0.25) is 9.59 Å². The Bertz CT molecular complexity index is 158. The molecular formula is C7H10O3. The molecule has 3 heteroatoms. The molecule has 1 aliphatic carbocycles. The van der Waals surface area contributed by atoms with Crippen LogP contribution in [0, 0.1) is 5.92 Å². The molecule has 0 amide bonds. The van der Waals surface area contributed by atoms with E-state index in [2.05, 4.69) is 4.74 Å². The second-order valence-electron chi connectivity index (χ2n) is 2.54. The average molecular weight is 142 g/mol. The third kappa shape index (κ3) is 1.56. The monoisotopic (exact) mass is 142 g/mol. The molecule has 1 aliphatic rings. The van der Waals surface area contributed by atoms with Crippen LogP contribution in [0.4, 0.5) is 0 Å². The molecule has 56 valence electrons. The molecule has 1 saturated carbocycles. The van der Waals surface area contributed by atoms with Crippen molar-refractivity contribution in [2.75, 3.05) is 0 Å². The Morgan fingerprint density at radius 2 is 2.00 bits per heavy atom. The van der Waals surface area contributed by atoms with Crippen molar-refractivity contribution in [3.05, 3.63) is 0 Å². The van der Waals surface area contributed by atoms with Gasteiger partial charge in [0.15, 0.2) is 0 Å². The first-order valence-electron chi connectivity index (χ1n) is 3.42. The molecule has 0 atom stereocenters. The van der Waals surface area contributed by atoms with Gasteiger partial charge >= 0.3 is 11.9 Å². The molecule has 0 aromatic carbocycles. The van der Waals surface area contributed by atoms with E-state index in [-0.39, 0.29) is 11.9 Å². The molecule has 1 fully saturated rings. The number of esters is 2. The highest BCUT2D eigenvalue weighted by Gasteiger charge is 2.27. The first kappa shape index (κ1) is 7.25. The van der Waals surface area contributed by atoms with Gasteiger partial charge in [-0.1, -0.05) is 6.42 Å². The summed E-state index contributed by atoms with van der Waals surface area (Å²) in [4.78, 5) is 21.0. The first-order chi connectivity index (χ1) is 4.70. The third-order valence-electron chi connectivity index (χ3n) is 1.68. The van der Waals surface area contributed by atoms with Crippen molar-refractivity contribution in [3.63, 3.8) is 0 Å². The second kappa shape index (κ2) is 2.82. The zero-order chi connectivity index (χ0) is 7.56. The number of ether oxygens (including phenoxy) is 1. The Kier molecular flexibility index (Phi) is 2.04. The van der Waals surface area contributed by atoms with Crippen LogP contribution >= 0.6 is 0 Å². The Labute approximate surface area is 59.4 Å². The molecule has 0 radical (unpaired) electrons. The minimum absolute atomic E-state index is 0.00361. The van der Waals surface area contributed by atoms with Crippen LogP contribution in [0.25, 0.3) is 0 Å². The van der Waals surface area contributed by atoms with Gasteiger partial charge in [-0.15, -0.1) is 0 Å². The van der Waals surface area contributed by atoms with E-state index in [9.17, 15) is 9.59 Å². The van der Waals surface area contributed by atoms with Crippen LogP contribution in [0.3, 0.4) is 0 Å². The standard InChI is InChI=1S/C7H10O3/c1-5(8)10-7(9)6-3-2-4-6/h6H,2-4H2,1H3. The number of hydrogen-bond acceptors (Lipinski definition) is 3. The average Bonchev–Trinajstić information content (AvgIpc) is 1.55. The lowest BCUT2D eigenvalue weighted by molar-refractivity contribution is -0.163. The van der Waals surface area contributed by atoms with Gasteiger partial charge in [0.1, 0.15) is 0 Å². The molecule has 0 saturated heterocycles. The summed E-state index contributed by atoms with van der Waals surface area (Å²) in [5.74, 6) is -0.848. The molecule has 0 aromatic heterocycles. The van der Waals surface area contributed by atoms with Crippen LogP contribution in [0.5, 0.6) is 0 Å². The van der Waals surface area contributed by atoms with Gasteiger partial charge in [-0.25, -0.2) is 0 Å². The minimum atomic E-state index is -0.503. The quantitative estimate of drug-likeness (QED) is 0.403. The highest BCUT2D eigenvalue weighted by Crippen LogP contribution is 2.27. The summed E-state index contributed by atoms with van der Waals surface area (Å²) in [5, 5.41) is 0. The van der Waals surface area contributed by atoms with Crippen LogP contribution in [0.15, 0.2) is 0 Å². The molecule has 0 heterocycles. The van der Waals surface area contributed by atoms with Crippen molar-refractivity contribution < 1.29 is 14.3 Å². The molecular weight excluding hydrogens is 132 g/mol. The number of carbonyl (C=O) groups excluding carboxylic acids is 2. The summed E-state index contributed by atoms with van der Waals surface area (Å²) in [6.45, 7) is 1.25. The van der Waals surface area contributed by atoms with Crippen LogP contribution in [-0.2, 0) is 14.3 Å². The van der Waals surface area contributed by atoms with Crippen molar-refractivity contribution in [2.24, 2.45) is 5.92 Å². The molecule has 1 rings (SSSR count). The Balaban J connectivity index is 2.27. The van der Waals surface area contributed by atoms with Crippen molar-refractivity contribution >= 4 is 11.9 Å². The third-order valence-corrected chi connectivity index (χ3v) is 1.68. The summed E-state index contributed by atoms with van der Waals surface area (Å²) >= 11 is 0. The summed E-state index contributed by atoms with van der Waals surface area (Å²) in [5.41, 5.74) is 0. The smallest absolute Gasteiger partial charge is 0.316 e. The van der Waals surface area contributed by atoms with Crippen LogP contribution in [0.2, 0.25) is 0 Å². The molecule has 0 aromatic rings. The van der Waals surface area contributed by atoms with Gasteiger partial charge in [-0.05, 0) is 12.8 Å². The van der Waals surface area contributed by atoms with Gasteiger partial charge in [0, 0.05) is 6.92 Å². The van der Waals surface area contributed by atoms with Gasteiger partial charge in [-0.2, -0.15) is 0 Å². The van der Waals surface area contributed by atoms with Gasteiger partial charge in [0.2, 0.25) is 0 Å². The predicted molar refractivity (Wildman–Crippen MR) is 34.1 cm³/mol. The first-order valence-corrected chi connectivity index (χ1v) is 3.42. The van der Waals surface area contributed by atoms with Crippen LogP contribution < -0.4 is 0 Å². The number of hydrogen-bond donors (Lipinski definition) is 0. The fourth-order valence-corrected chi connectivity index (χ4v) is 0.869. The maximum atomic E-state index is 10.8. The predicted octanol–water partition coefficient (Wildman–Crippen LogP) is 0.876. The highest BCUT2D eigenvalue weighted by molar-refractivity contribution is 5.85. The maximum Gasteiger partial charge on any atom is 0.316 e. The number of rotatable bonds is 1. The summed E-state index contributed by atoms with van der Waals surface area (Å²) in [6.07, 6.45) is 2.84. The lowest BCUT2D eigenvalue weighted by Gasteiger charge is -2.21. The van der Waals surface area contributed by atoms with Crippen molar-refractivity contribution in [3.8, 4) is 0 Å². The van der Waals surface area contributed by atoms with Crippen LogP contribution in [0.1, 0.15) is 26.2 Å². The molecule has 0 aliphatic heterocycles. The summed E-state index contributed by atoms with van der Waals surface area (Å²) < 4.78 is 4.38. The number of carbonyl (C=O) groups is 2. The maximum absolute atomic E-state index is 10.8. The molecule has 0 bridgehead atoms. The van der Waals surface area contributed by atoms with E-state index < -0.39 is 5.97 Å². The second-order valence-corrected chi connectivity index (χ2v) is 2.54. The normalized spacial score (nSPS) is 17.7. The molecule has 0 unspecified atom stereocenters. The van der Waals surface area contributed by atoms with E-state index in [0.717, 1.165) is 19.3 Å². The Hall–Kier alpha value is -0.860. The van der Waals surface area contributed by atoms with Crippen molar-refractivity contribution in [2.45, 2.75) is 26.2 Å². The largest absolute Gasteiger partial charge is 0.393 e. The lowest BCUT2D eigenvalue weighted by Crippen LogP contribution is -2.25. The molecule has 0 spiro atoms. The van der Waals surface area contributed by atoms with E-state index in [4.69, 9.17) is 0 Å². The van der Waals surface area contributed by atoms with Gasteiger partial charge in [0.05, 0.1) is 5.92 Å². The topological polar surface area (TPSA) is 43.4 Å². The lowest BCUT2D eigenvalue weighted by atomic mass is 9.86. The molecule has 0 N–H and O–H groups in total. The fourth-order valence-electron chi connectivity index (χ4n) is 0.869. The highest BCUT2D eigenvalue weighted by atomic mass is 16.6. The Morgan fingerprint density at radius 1 is 1.40 bits per heavy atom. The molecule has 3 nitrogen and oxygen atoms in total. The zero-order valence-electron chi connectivity index (χ0n) is 5.92. The van der Waals surface area contributed by atoms with Crippen LogP contribution in [-0.4, -0.2) is 11.9 Å². The van der Waals surface area contributed by atoms with E-state index in [1.54, 1.807) is 0 Å². The van der Waals surface area contributed by atoms with Gasteiger partial charge < -0.3 is 4.74 Å². The molecule has 10 heavy (non-hydrogen) atoms. The van der Waals surface area contributed by atoms with Gasteiger partial charge in [0.25, 0.3) is 0 Å². The summed E-state index contributed by atoms with van der Waals surface area (Å²) in [6, 6.07) is 0. The van der Waals surface area contributed by atoms with Crippen molar-refractivity contribution in [1.82, 2.24) is 0 Å². The minimum Gasteiger partial charge on any atom is -0.393 e. The Morgan fingerprint density at radius 3 is 2.30 bits per heavy atom. The van der Waals surface area contributed by atoms with Crippen molar-refractivity contribution in [1.29, 1.82) is 0 Å². The van der Waals surface area contributed by atoms with E-state index in [1.165, 1.54) is 6.92 Å². The SMILES string of the molecule is CC(=O)OC(=O)C1CCC1.